The third-order valence-electron chi connectivity index (χ3n) is 22.5. The van der Waals surface area contributed by atoms with Crippen LogP contribution >= 0.6 is 0 Å². The van der Waals surface area contributed by atoms with Gasteiger partial charge in [0.1, 0.15) is 0 Å². The maximum absolute atomic E-state index is 10.5. The maximum Gasteiger partial charge on any atom is 0.252 e. The molecular weight excluding hydrogens is 1280 g/mol. The van der Waals surface area contributed by atoms with Crippen LogP contribution in [0.5, 0.6) is 0 Å². The number of nitrogens with zero attached hydrogens (tertiary/aromatic N) is 6. The lowest BCUT2D eigenvalue weighted by molar-refractivity contribution is 0.590. The van der Waals surface area contributed by atoms with Crippen molar-refractivity contribution in [3.63, 3.8) is 0 Å². The number of hydrogen-bond acceptors (Lipinski definition) is 3. The van der Waals surface area contributed by atoms with Gasteiger partial charge in [0.05, 0.1) is 67.5 Å². The quantitative estimate of drug-likeness (QED) is 0.135. The monoisotopic (exact) mass is 1360 g/mol. The smallest absolute Gasteiger partial charge is 0.252 e. The Labute approximate surface area is 617 Å². The summed E-state index contributed by atoms with van der Waals surface area (Å²) in [7, 11) is 0. The molecule has 0 fully saturated rings. The predicted octanol–water partition coefficient (Wildman–Crippen LogP) is 24.2. The minimum absolute atomic E-state index is 0.102. The Kier molecular flexibility index (Phi) is 14.2. The molecule has 15 aromatic carbocycles. The lowest BCUT2D eigenvalue weighted by atomic mass is 9.33. The minimum Gasteiger partial charge on any atom is -0.311 e. The van der Waals surface area contributed by atoms with Crippen molar-refractivity contribution >= 4 is 123 Å². The molecule has 20 rings (SSSR count). The van der Waals surface area contributed by atoms with E-state index < -0.39 is 0 Å². The molecule has 0 unspecified atom stereocenters. The summed E-state index contributed by atoms with van der Waals surface area (Å²) in [6, 6.07) is 127. The second kappa shape index (κ2) is 24.0. The van der Waals surface area contributed by atoms with E-state index in [1.165, 1.54) is 49.1 Å². The van der Waals surface area contributed by atoms with Crippen molar-refractivity contribution in [3.8, 4) is 67.6 Å². The number of para-hydroxylation sites is 7. The summed E-state index contributed by atoms with van der Waals surface area (Å²) in [5, 5.41) is 17.5. The molecule has 3 aromatic heterocycles. The minimum atomic E-state index is -0.264. The number of aromatic nitrogens is 3. The average molecular weight is 1360 g/mol. The van der Waals surface area contributed by atoms with Gasteiger partial charge in [-0.3, -0.25) is 0 Å². The third kappa shape index (κ3) is 9.71. The van der Waals surface area contributed by atoms with E-state index in [0.29, 0.717) is 5.56 Å². The molecule has 0 radical (unpaired) electrons. The van der Waals surface area contributed by atoms with Crippen molar-refractivity contribution < 1.29 is 0 Å². The van der Waals surface area contributed by atoms with Crippen molar-refractivity contribution in [2.24, 2.45) is 0 Å². The zero-order valence-corrected chi connectivity index (χ0v) is 60.0. The Morgan fingerprint density at radius 1 is 0.274 bits per heavy atom. The largest absolute Gasteiger partial charge is 0.311 e. The van der Waals surface area contributed by atoms with Crippen LogP contribution in [-0.2, 0) is 10.8 Å². The van der Waals surface area contributed by atoms with E-state index in [1.54, 1.807) is 0 Å². The number of nitriles is 1. The molecule has 0 saturated heterocycles. The molecule has 0 N–H and O–H groups in total. The molecule has 2 aliphatic heterocycles. The van der Waals surface area contributed by atoms with Gasteiger partial charge >= 0.3 is 0 Å². The zero-order chi connectivity index (χ0) is 71.3. The van der Waals surface area contributed by atoms with Crippen LogP contribution in [0.4, 0.5) is 34.1 Å². The van der Waals surface area contributed by atoms with Gasteiger partial charge in [-0.15, -0.1) is 0 Å². The molecule has 5 heterocycles. The molecule has 18 aromatic rings. The van der Waals surface area contributed by atoms with Crippen LogP contribution < -0.4 is 26.2 Å². The fourth-order valence-corrected chi connectivity index (χ4v) is 17.6. The molecule has 0 aliphatic carbocycles. The fourth-order valence-electron chi connectivity index (χ4n) is 17.6. The third-order valence-corrected chi connectivity index (χ3v) is 22.5. The Bertz CT molecular complexity index is 6600. The van der Waals surface area contributed by atoms with Gasteiger partial charge < -0.3 is 23.5 Å². The van der Waals surface area contributed by atoms with Crippen LogP contribution in [0.15, 0.2) is 334 Å². The standard InChI is InChI=1S/C99H73BN6/c1-98(2,3)69-32-25-31-66(56-69)68-58-94-96-95(59-68)105(84-41-20-14-34-73(84)65-29-11-8-12-30-65)93-61-71(102-89-53-47-63(62-101)55-79(89)80-60-70(99(4,5)6)49-54-90(80)102)50-52-82(93)100(96)81-51-48-67(57-92(81)104(94)83-40-19-13-33-72(83)64-27-9-7-10-28-64)74-39-26-46-91(103-85-42-21-15-35-75(85)76-36-16-22-43-86(76)103)97(74)106-87-44-23-17-37-77(87)78-38-18-24-45-88(78)106/h7-61H,1-6H3. The van der Waals surface area contributed by atoms with Gasteiger partial charge in [-0.2, -0.15) is 5.26 Å². The second-order valence-electron chi connectivity index (χ2n) is 30.7. The molecule has 106 heavy (non-hydrogen) atoms. The maximum atomic E-state index is 10.5. The van der Waals surface area contributed by atoms with Crippen molar-refractivity contribution in [1.82, 2.24) is 13.7 Å². The average Bonchev–Trinajstić information content (AvgIpc) is 0.813. The van der Waals surface area contributed by atoms with Crippen molar-refractivity contribution in [3.05, 3.63) is 350 Å². The van der Waals surface area contributed by atoms with E-state index in [4.69, 9.17) is 0 Å². The highest BCUT2D eigenvalue weighted by Gasteiger charge is 2.45. The van der Waals surface area contributed by atoms with E-state index in [1.807, 2.05) is 6.07 Å². The highest BCUT2D eigenvalue weighted by Crippen LogP contribution is 2.52. The first kappa shape index (κ1) is 62.6. The van der Waals surface area contributed by atoms with Gasteiger partial charge in [-0.25, -0.2) is 0 Å². The summed E-state index contributed by atoms with van der Waals surface area (Å²) in [5.74, 6) is 0. The van der Waals surface area contributed by atoms with Crippen molar-refractivity contribution in [2.75, 3.05) is 9.80 Å². The summed E-state index contributed by atoms with van der Waals surface area (Å²) in [6.45, 7) is 13.5. The molecule has 502 valence electrons. The Balaban J connectivity index is 0.922. The molecule has 0 atom stereocenters. The van der Waals surface area contributed by atoms with E-state index in [9.17, 15) is 5.26 Å². The molecule has 0 saturated carbocycles. The normalized spacial score (nSPS) is 12.7. The van der Waals surface area contributed by atoms with Crippen LogP contribution in [0.1, 0.15) is 58.2 Å². The molecule has 0 spiro atoms. The SMILES string of the molecule is CC(C)(C)c1cccc(-c2cc3c4c(c2)N(c2ccccc2-c2ccccc2)c2cc(-n5c6ccc(C#N)cc6c6cc(C(C)(C)C)ccc65)ccc2B4c2ccc(-c4cccc(-n5c6ccccc6c6ccccc65)c4-n4c5ccccc5c5ccccc54)cc2N3c2ccccc2-c2ccccc2)c1. The van der Waals surface area contributed by atoms with Crippen LogP contribution in [0.3, 0.4) is 0 Å². The first-order valence-electron chi connectivity index (χ1n) is 36.9. The summed E-state index contributed by atoms with van der Waals surface area (Å²) >= 11 is 0. The number of rotatable bonds is 9. The predicted molar refractivity (Wildman–Crippen MR) is 447 cm³/mol. The van der Waals surface area contributed by atoms with Gasteiger partial charge in [-0.05, 0) is 169 Å². The number of hydrogen-bond donors (Lipinski definition) is 0. The van der Waals surface area contributed by atoms with E-state index in [0.717, 1.165) is 140 Å². The Hall–Kier alpha value is -13.1. The second-order valence-corrected chi connectivity index (χ2v) is 30.7. The molecular formula is C99H73BN6. The summed E-state index contributed by atoms with van der Waals surface area (Å²) in [4.78, 5) is 5.23. The number of anilines is 6. The van der Waals surface area contributed by atoms with E-state index in [-0.39, 0.29) is 17.5 Å². The highest BCUT2D eigenvalue weighted by molar-refractivity contribution is 7.00. The highest BCUT2D eigenvalue weighted by atomic mass is 15.2. The van der Waals surface area contributed by atoms with Gasteiger partial charge in [0.15, 0.2) is 0 Å². The number of benzene rings is 15. The summed E-state index contributed by atoms with van der Waals surface area (Å²) in [5.41, 5.74) is 31.9. The van der Waals surface area contributed by atoms with Gasteiger partial charge in [-0.1, -0.05) is 272 Å². The van der Waals surface area contributed by atoms with Crippen LogP contribution in [0.2, 0.25) is 0 Å². The summed E-state index contributed by atoms with van der Waals surface area (Å²) in [6.07, 6.45) is 0. The summed E-state index contributed by atoms with van der Waals surface area (Å²) < 4.78 is 7.48. The number of fused-ring (bicyclic) bond motifs is 13. The first-order valence-corrected chi connectivity index (χ1v) is 36.9. The first-order chi connectivity index (χ1) is 51.8. The van der Waals surface area contributed by atoms with Crippen molar-refractivity contribution in [1.29, 1.82) is 5.26 Å². The van der Waals surface area contributed by atoms with Crippen LogP contribution in [-0.4, -0.2) is 20.4 Å². The lowest BCUT2D eigenvalue weighted by Gasteiger charge is -2.45. The molecule has 0 amide bonds. The topological polar surface area (TPSA) is 45.1 Å². The van der Waals surface area contributed by atoms with Gasteiger partial charge in [0.2, 0.25) is 0 Å². The molecule has 7 heteroatoms. The van der Waals surface area contributed by atoms with Crippen LogP contribution in [0.25, 0.3) is 127 Å². The fraction of sp³-hybridized carbons (Fsp3) is 0.0808. The van der Waals surface area contributed by atoms with Crippen LogP contribution in [0, 0.1) is 11.3 Å². The Morgan fingerprint density at radius 3 is 1.27 bits per heavy atom. The molecule has 6 nitrogen and oxygen atoms in total. The van der Waals surface area contributed by atoms with Gasteiger partial charge in [0, 0.05) is 77.4 Å². The van der Waals surface area contributed by atoms with E-state index >= 15 is 0 Å². The zero-order valence-electron chi connectivity index (χ0n) is 60.0. The molecule has 0 bridgehead atoms. The van der Waals surface area contributed by atoms with E-state index in [2.05, 4.69) is 399 Å². The Morgan fingerprint density at radius 2 is 0.708 bits per heavy atom. The van der Waals surface area contributed by atoms with Crippen molar-refractivity contribution in [2.45, 2.75) is 52.4 Å². The van der Waals surface area contributed by atoms with Gasteiger partial charge in [0.25, 0.3) is 6.71 Å². The molecule has 2 aliphatic rings. The lowest BCUT2D eigenvalue weighted by Crippen LogP contribution is -2.61.